The zero-order valence-electron chi connectivity index (χ0n) is 22.7. The zero-order valence-corrected chi connectivity index (χ0v) is 26.7. The zero-order chi connectivity index (χ0) is 30.4. The Hall–Kier alpha value is -3.58. The highest BCUT2D eigenvalue weighted by Gasteiger charge is 2.57. The number of methoxy groups -OCH3 is 2. The molecule has 4 aromatic rings. The number of rotatable bonds is 7. The van der Waals surface area contributed by atoms with E-state index in [-0.39, 0.29) is 23.2 Å². The van der Waals surface area contributed by atoms with Gasteiger partial charge in [-0.25, -0.2) is 4.90 Å². The van der Waals surface area contributed by atoms with Crippen molar-refractivity contribution in [3.63, 3.8) is 0 Å². The largest absolute Gasteiger partial charge is 0.493 e. The van der Waals surface area contributed by atoms with Crippen LogP contribution < -0.4 is 24.6 Å². The number of halogens is 2. The number of thiazole rings is 1. The van der Waals surface area contributed by atoms with Gasteiger partial charge < -0.3 is 14.8 Å². The van der Waals surface area contributed by atoms with Crippen LogP contribution >= 0.6 is 50.6 Å². The van der Waals surface area contributed by atoms with Crippen molar-refractivity contribution < 1.29 is 23.9 Å². The summed E-state index contributed by atoms with van der Waals surface area (Å²) in [6.45, 7) is -0.269. The van der Waals surface area contributed by atoms with Crippen LogP contribution in [0, 0.1) is 5.92 Å². The predicted octanol–water partition coefficient (Wildman–Crippen LogP) is 5.78. The van der Waals surface area contributed by atoms with E-state index in [1.807, 2.05) is 6.07 Å². The van der Waals surface area contributed by atoms with Crippen LogP contribution in [-0.2, 0) is 20.9 Å². The number of nitrogens with zero attached hydrogens (tertiary/aromatic N) is 2. The van der Waals surface area contributed by atoms with Gasteiger partial charge in [-0.15, -0.1) is 0 Å². The Labute approximate surface area is 267 Å². The SMILES string of the molecule is COc1ccc([C@@H]2c3sc(=O)n(CC(=O)Nc4ccc(Cl)cc4)c3S[C@H]3C(=O)N(c4ccc(Br)cc4)C(=O)[C@@H]23)cc1OC. The number of ether oxygens (including phenoxy) is 2. The van der Waals surface area contributed by atoms with Crippen molar-refractivity contribution in [2.75, 3.05) is 24.4 Å². The summed E-state index contributed by atoms with van der Waals surface area (Å²) in [5.74, 6) is -1.63. The molecule has 2 aliphatic heterocycles. The van der Waals surface area contributed by atoms with E-state index in [0.717, 1.165) is 27.6 Å². The molecule has 0 radical (unpaired) electrons. The number of carbonyl (C=O) groups excluding carboxylic acids is 3. The Bertz CT molecular complexity index is 1810. The second kappa shape index (κ2) is 11.8. The fourth-order valence-electron chi connectivity index (χ4n) is 5.38. The van der Waals surface area contributed by atoms with E-state index in [1.54, 1.807) is 60.7 Å². The normalized spacial score (nSPS) is 19.2. The van der Waals surface area contributed by atoms with Crippen molar-refractivity contribution in [1.29, 1.82) is 0 Å². The third-order valence-electron chi connectivity index (χ3n) is 7.33. The standard InChI is InChI=1S/C30H23BrClN3O6S2/c1-40-20-12-3-15(13-21(20)41-2)23-24-25(28(38)35(27(24)37)19-10-4-16(31)5-11-19)42-29-26(23)43-30(39)34(29)14-22(36)33-18-8-6-17(32)7-9-18/h3-13,23-25H,14H2,1-2H3,(H,33,36)/t23-,24-,25+/m0/s1. The maximum Gasteiger partial charge on any atom is 0.308 e. The topological polar surface area (TPSA) is 107 Å². The van der Waals surface area contributed by atoms with Crippen molar-refractivity contribution in [1.82, 2.24) is 4.57 Å². The molecule has 6 rings (SSSR count). The number of hydrogen-bond donors (Lipinski definition) is 1. The lowest BCUT2D eigenvalue weighted by Crippen LogP contribution is -2.33. The monoisotopic (exact) mass is 699 g/mol. The van der Waals surface area contributed by atoms with Crippen molar-refractivity contribution >= 4 is 79.7 Å². The first-order valence-corrected chi connectivity index (χ1v) is 15.9. The van der Waals surface area contributed by atoms with Gasteiger partial charge >= 0.3 is 4.87 Å². The second-order valence-corrected chi connectivity index (χ2v) is 13.3. The van der Waals surface area contributed by atoms with E-state index in [4.69, 9.17) is 21.1 Å². The Morgan fingerprint density at radius 2 is 1.65 bits per heavy atom. The van der Waals surface area contributed by atoms with Crippen molar-refractivity contribution in [2.24, 2.45) is 5.92 Å². The molecule has 0 spiro atoms. The fourth-order valence-corrected chi connectivity index (χ4v) is 8.55. The first kappa shape index (κ1) is 29.5. The number of amides is 3. The molecule has 0 unspecified atom stereocenters. The molecular weight excluding hydrogens is 678 g/mol. The lowest BCUT2D eigenvalue weighted by atomic mass is 9.83. The predicted molar refractivity (Wildman–Crippen MR) is 170 cm³/mol. The highest BCUT2D eigenvalue weighted by molar-refractivity contribution is 9.10. The van der Waals surface area contributed by atoms with E-state index in [9.17, 15) is 19.2 Å². The smallest absolute Gasteiger partial charge is 0.308 e. The van der Waals surface area contributed by atoms with Crippen LogP contribution in [0.3, 0.4) is 0 Å². The van der Waals surface area contributed by atoms with E-state index in [1.165, 1.54) is 23.7 Å². The molecule has 0 saturated carbocycles. The minimum atomic E-state index is -0.818. The van der Waals surface area contributed by atoms with Gasteiger partial charge in [0.15, 0.2) is 11.5 Å². The summed E-state index contributed by atoms with van der Waals surface area (Å²) in [7, 11) is 3.04. The van der Waals surface area contributed by atoms with E-state index in [2.05, 4.69) is 21.2 Å². The highest BCUT2D eigenvalue weighted by atomic mass is 79.9. The average Bonchev–Trinajstić information content (AvgIpc) is 3.44. The third-order valence-corrected chi connectivity index (χ3v) is 10.7. The van der Waals surface area contributed by atoms with Gasteiger partial charge in [-0.05, 0) is 66.2 Å². The number of aromatic nitrogens is 1. The van der Waals surface area contributed by atoms with Crippen LogP contribution in [0.5, 0.6) is 11.5 Å². The van der Waals surface area contributed by atoms with Crippen LogP contribution in [0.2, 0.25) is 5.02 Å². The van der Waals surface area contributed by atoms with E-state index < -0.39 is 23.0 Å². The Balaban J connectivity index is 1.43. The summed E-state index contributed by atoms with van der Waals surface area (Å²) in [5.41, 5.74) is 1.68. The number of nitrogens with one attached hydrogen (secondary N) is 1. The molecular formula is C30H23BrClN3O6S2. The molecule has 0 aliphatic carbocycles. The molecule has 3 aromatic carbocycles. The van der Waals surface area contributed by atoms with E-state index in [0.29, 0.717) is 43.4 Å². The number of benzene rings is 3. The van der Waals surface area contributed by atoms with Crippen LogP contribution in [-0.4, -0.2) is 41.8 Å². The third kappa shape index (κ3) is 5.37. The summed E-state index contributed by atoms with van der Waals surface area (Å²) in [6.07, 6.45) is 0. The lowest BCUT2D eigenvalue weighted by Gasteiger charge is -2.31. The summed E-state index contributed by atoms with van der Waals surface area (Å²) >= 11 is 11.5. The molecule has 13 heteroatoms. The molecule has 9 nitrogen and oxygen atoms in total. The maximum atomic E-state index is 14.1. The van der Waals surface area contributed by atoms with Gasteiger partial charge in [0.2, 0.25) is 17.7 Å². The number of imide groups is 1. The van der Waals surface area contributed by atoms with Gasteiger partial charge in [0, 0.05) is 26.0 Å². The average molecular weight is 701 g/mol. The van der Waals surface area contributed by atoms with Crippen molar-refractivity contribution in [3.8, 4) is 11.5 Å². The summed E-state index contributed by atoms with van der Waals surface area (Å²) < 4.78 is 13.1. The molecule has 0 bridgehead atoms. The van der Waals surface area contributed by atoms with Crippen molar-refractivity contribution in [2.45, 2.75) is 22.7 Å². The molecule has 1 aromatic heterocycles. The summed E-state index contributed by atoms with van der Waals surface area (Å²) in [6, 6.07) is 18.9. The molecule has 1 N–H and O–H groups in total. The molecule has 43 heavy (non-hydrogen) atoms. The molecule has 3 atom stereocenters. The Morgan fingerprint density at radius 3 is 2.33 bits per heavy atom. The highest BCUT2D eigenvalue weighted by Crippen LogP contribution is 2.54. The van der Waals surface area contributed by atoms with Gasteiger partial charge in [0.05, 0.1) is 30.9 Å². The number of thioether (sulfide) groups is 1. The molecule has 220 valence electrons. The van der Waals surface area contributed by atoms with Crippen molar-refractivity contribution in [3.05, 3.63) is 96.3 Å². The minimum Gasteiger partial charge on any atom is -0.493 e. The quantitative estimate of drug-likeness (QED) is 0.244. The summed E-state index contributed by atoms with van der Waals surface area (Å²) in [5, 5.41) is 2.98. The van der Waals surface area contributed by atoms with Gasteiger partial charge in [0.1, 0.15) is 11.8 Å². The molecule has 2 aliphatic rings. The Kier molecular flexibility index (Phi) is 8.12. The Morgan fingerprint density at radius 1 is 0.953 bits per heavy atom. The van der Waals surface area contributed by atoms with Crippen LogP contribution in [0.15, 0.2) is 81.0 Å². The summed E-state index contributed by atoms with van der Waals surface area (Å²) in [4.78, 5) is 55.9. The first-order valence-electron chi connectivity index (χ1n) is 13.0. The van der Waals surface area contributed by atoms with Gasteiger partial charge in [-0.1, -0.05) is 56.7 Å². The van der Waals surface area contributed by atoms with Crippen LogP contribution in [0.4, 0.5) is 11.4 Å². The van der Waals surface area contributed by atoms with E-state index >= 15 is 0 Å². The number of anilines is 2. The fraction of sp³-hybridized carbons (Fsp3) is 0.200. The minimum absolute atomic E-state index is 0.269. The molecule has 1 saturated heterocycles. The van der Waals surface area contributed by atoms with Gasteiger partial charge in [-0.2, -0.15) is 0 Å². The van der Waals surface area contributed by atoms with Crippen LogP contribution in [0.1, 0.15) is 16.4 Å². The van der Waals surface area contributed by atoms with Gasteiger partial charge in [0.25, 0.3) is 0 Å². The molecule has 3 heterocycles. The molecule has 1 fully saturated rings. The van der Waals surface area contributed by atoms with Crippen LogP contribution in [0.25, 0.3) is 0 Å². The second-order valence-electron chi connectivity index (χ2n) is 9.82. The number of fused-ring (bicyclic) bond motifs is 2. The van der Waals surface area contributed by atoms with Gasteiger partial charge in [-0.3, -0.25) is 23.7 Å². The lowest BCUT2D eigenvalue weighted by molar-refractivity contribution is -0.122. The number of carbonyl (C=O) groups is 3. The molecule has 3 amide bonds. The maximum absolute atomic E-state index is 14.1. The number of hydrogen-bond acceptors (Lipinski definition) is 8. The first-order chi connectivity index (χ1) is 20.7.